The highest BCUT2D eigenvalue weighted by Crippen LogP contribution is 2.38. The summed E-state index contributed by atoms with van der Waals surface area (Å²) in [6, 6.07) is 6.84. The Morgan fingerprint density at radius 1 is 1.10 bits per heavy atom. The van der Waals surface area contributed by atoms with Gasteiger partial charge in [-0.25, -0.2) is 0 Å². The van der Waals surface area contributed by atoms with Crippen LogP contribution in [-0.2, 0) is 14.4 Å². The first-order valence-electron chi connectivity index (χ1n) is 10.5. The SMILES string of the molecule is CC[C@H](C)NC(=O)c1ccccc1NC(=O)CCN1C(=O)[C@H]2CCCC[C@@H]2C1=O. The number of carbonyl (C=O) groups is 4. The van der Waals surface area contributed by atoms with Crippen molar-refractivity contribution in [1.82, 2.24) is 10.2 Å². The monoisotopic (exact) mass is 399 g/mol. The standard InChI is InChI=1S/C22H29N3O4/c1-3-14(2)23-20(27)17-10-6-7-11-18(17)24-19(26)12-13-25-21(28)15-8-4-5-9-16(15)22(25)29/h6-7,10-11,14-16H,3-5,8-9,12-13H2,1-2H3,(H,23,27)(H,24,26)/t14-,15-,16-/m0/s1. The van der Waals surface area contributed by atoms with Crippen molar-refractivity contribution < 1.29 is 19.2 Å². The first-order valence-corrected chi connectivity index (χ1v) is 10.5. The summed E-state index contributed by atoms with van der Waals surface area (Å²) in [7, 11) is 0. The molecule has 0 aromatic heterocycles. The normalized spacial score (nSPS) is 22.2. The van der Waals surface area contributed by atoms with Gasteiger partial charge in [-0.3, -0.25) is 24.1 Å². The van der Waals surface area contributed by atoms with Crippen molar-refractivity contribution in [2.24, 2.45) is 11.8 Å². The zero-order valence-electron chi connectivity index (χ0n) is 17.1. The van der Waals surface area contributed by atoms with Crippen molar-refractivity contribution in [1.29, 1.82) is 0 Å². The van der Waals surface area contributed by atoms with E-state index < -0.39 is 0 Å². The molecule has 1 aliphatic heterocycles. The van der Waals surface area contributed by atoms with Gasteiger partial charge in [-0.05, 0) is 38.3 Å². The fraction of sp³-hybridized carbons (Fsp3) is 0.545. The lowest BCUT2D eigenvalue weighted by Gasteiger charge is -2.19. The average molecular weight is 399 g/mol. The van der Waals surface area contributed by atoms with Crippen LogP contribution in [0, 0.1) is 11.8 Å². The highest BCUT2D eigenvalue weighted by atomic mass is 16.2. The summed E-state index contributed by atoms with van der Waals surface area (Å²) < 4.78 is 0. The Balaban J connectivity index is 1.60. The molecule has 3 atom stereocenters. The lowest BCUT2D eigenvalue weighted by atomic mass is 9.81. The fourth-order valence-corrected chi connectivity index (χ4v) is 4.07. The van der Waals surface area contributed by atoms with Crippen molar-refractivity contribution in [3.05, 3.63) is 29.8 Å². The molecule has 2 N–H and O–H groups in total. The molecule has 2 aliphatic rings. The smallest absolute Gasteiger partial charge is 0.253 e. The van der Waals surface area contributed by atoms with E-state index in [9.17, 15) is 19.2 Å². The lowest BCUT2D eigenvalue weighted by molar-refractivity contribution is -0.140. The van der Waals surface area contributed by atoms with Crippen LogP contribution < -0.4 is 10.6 Å². The number of carbonyl (C=O) groups excluding carboxylic acids is 4. The van der Waals surface area contributed by atoms with Crippen LogP contribution in [0.4, 0.5) is 5.69 Å². The molecule has 0 bridgehead atoms. The first-order chi connectivity index (χ1) is 13.9. The van der Waals surface area contributed by atoms with Crippen molar-refractivity contribution in [2.45, 2.75) is 58.4 Å². The Kier molecular flexibility index (Phi) is 6.67. The number of benzene rings is 1. The van der Waals surface area contributed by atoms with Gasteiger partial charge in [0.15, 0.2) is 0 Å². The van der Waals surface area contributed by atoms with Crippen molar-refractivity contribution in [3.8, 4) is 0 Å². The fourth-order valence-electron chi connectivity index (χ4n) is 4.07. The molecule has 156 valence electrons. The van der Waals surface area contributed by atoms with Gasteiger partial charge in [0.2, 0.25) is 17.7 Å². The summed E-state index contributed by atoms with van der Waals surface area (Å²) >= 11 is 0. The van der Waals surface area contributed by atoms with E-state index in [0.717, 1.165) is 32.1 Å². The zero-order chi connectivity index (χ0) is 21.0. The minimum Gasteiger partial charge on any atom is -0.350 e. The minimum atomic E-state index is -0.329. The molecule has 2 fully saturated rings. The molecule has 1 saturated heterocycles. The Morgan fingerprint density at radius 2 is 1.72 bits per heavy atom. The molecule has 1 heterocycles. The quantitative estimate of drug-likeness (QED) is 0.689. The van der Waals surface area contributed by atoms with Gasteiger partial charge in [-0.1, -0.05) is 31.9 Å². The van der Waals surface area contributed by atoms with Gasteiger partial charge >= 0.3 is 0 Å². The maximum atomic E-state index is 12.5. The molecule has 0 radical (unpaired) electrons. The van der Waals surface area contributed by atoms with Gasteiger partial charge in [0.25, 0.3) is 5.91 Å². The number of fused-ring (bicyclic) bond motifs is 1. The maximum Gasteiger partial charge on any atom is 0.253 e. The molecule has 4 amide bonds. The van der Waals surface area contributed by atoms with E-state index in [1.165, 1.54) is 4.90 Å². The predicted molar refractivity (Wildman–Crippen MR) is 109 cm³/mol. The Hall–Kier alpha value is -2.70. The average Bonchev–Trinajstić information content (AvgIpc) is 2.97. The summed E-state index contributed by atoms with van der Waals surface area (Å²) in [6.07, 6.45) is 4.29. The number of rotatable bonds is 7. The van der Waals surface area contributed by atoms with Crippen molar-refractivity contribution in [2.75, 3.05) is 11.9 Å². The number of hydrogen-bond donors (Lipinski definition) is 2. The van der Waals surface area contributed by atoms with Crippen LogP contribution in [0.1, 0.15) is 62.7 Å². The van der Waals surface area contributed by atoms with E-state index in [1.54, 1.807) is 24.3 Å². The Bertz CT molecular complexity index is 783. The number of anilines is 1. The number of nitrogens with zero attached hydrogens (tertiary/aromatic N) is 1. The zero-order valence-corrected chi connectivity index (χ0v) is 17.1. The number of imide groups is 1. The number of likely N-dealkylation sites (tertiary alicyclic amines) is 1. The van der Waals surface area contributed by atoms with Gasteiger partial charge in [0, 0.05) is 19.0 Å². The first kappa shape index (κ1) is 21.0. The van der Waals surface area contributed by atoms with Gasteiger partial charge in [-0.2, -0.15) is 0 Å². The predicted octanol–water partition coefficient (Wildman–Crippen LogP) is 2.72. The highest BCUT2D eigenvalue weighted by Gasteiger charge is 2.47. The molecule has 3 rings (SSSR count). The summed E-state index contributed by atoms with van der Waals surface area (Å²) in [5.74, 6) is -1.26. The summed E-state index contributed by atoms with van der Waals surface area (Å²) in [6.45, 7) is 3.98. The van der Waals surface area contributed by atoms with E-state index in [2.05, 4.69) is 10.6 Å². The Labute approximate surface area is 171 Å². The second kappa shape index (κ2) is 9.20. The largest absolute Gasteiger partial charge is 0.350 e. The molecular weight excluding hydrogens is 370 g/mol. The number of hydrogen-bond acceptors (Lipinski definition) is 4. The molecule has 0 unspecified atom stereocenters. The third kappa shape index (κ3) is 4.66. The Morgan fingerprint density at radius 3 is 2.34 bits per heavy atom. The molecule has 7 heteroatoms. The second-order valence-corrected chi connectivity index (χ2v) is 7.95. The number of amides is 4. The maximum absolute atomic E-state index is 12.5. The summed E-state index contributed by atoms with van der Waals surface area (Å²) in [5, 5.41) is 5.64. The molecule has 0 spiro atoms. The van der Waals surface area contributed by atoms with Gasteiger partial charge in [0.05, 0.1) is 23.1 Å². The van der Waals surface area contributed by atoms with Crippen molar-refractivity contribution in [3.63, 3.8) is 0 Å². The number of para-hydroxylation sites is 1. The molecule has 1 aromatic carbocycles. The van der Waals surface area contributed by atoms with Crippen LogP contribution in [0.3, 0.4) is 0 Å². The lowest BCUT2D eigenvalue weighted by Crippen LogP contribution is -2.34. The third-order valence-electron chi connectivity index (χ3n) is 5.93. The van der Waals surface area contributed by atoms with Gasteiger partial charge in [-0.15, -0.1) is 0 Å². The second-order valence-electron chi connectivity index (χ2n) is 7.95. The molecule has 29 heavy (non-hydrogen) atoms. The molecule has 1 aromatic rings. The summed E-state index contributed by atoms with van der Waals surface area (Å²) in [4.78, 5) is 51.2. The summed E-state index contributed by atoms with van der Waals surface area (Å²) in [5.41, 5.74) is 0.812. The van der Waals surface area contributed by atoms with Crippen LogP contribution in [0.5, 0.6) is 0 Å². The van der Waals surface area contributed by atoms with Crippen molar-refractivity contribution >= 4 is 29.3 Å². The van der Waals surface area contributed by atoms with Gasteiger partial charge in [0.1, 0.15) is 0 Å². The molecule has 7 nitrogen and oxygen atoms in total. The molecule has 1 saturated carbocycles. The van der Waals surface area contributed by atoms with Crippen LogP contribution >= 0.6 is 0 Å². The van der Waals surface area contributed by atoms with E-state index in [4.69, 9.17) is 0 Å². The van der Waals surface area contributed by atoms with E-state index in [1.807, 2.05) is 13.8 Å². The molecule has 1 aliphatic carbocycles. The van der Waals surface area contributed by atoms with Crippen LogP contribution in [-0.4, -0.2) is 41.1 Å². The minimum absolute atomic E-state index is 0.0121. The van der Waals surface area contributed by atoms with Gasteiger partial charge < -0.3 is 10.6 Å². The van der Waals surface area contributed by atoms with E-state index >= 15 is 0 Å². The van der Waals surface area contributed by atoms with Crippen LogP contribution in [0.2, 0.25) is 0 Å². The molecular formula is C22H29N3O4. The third-order valence-corrected chi connectivity index (χ3v) is 5.93. The number of nitrogens with one attached hydrogen (secondary N) is 2. The highest BCUT2D eigenvalue weighted by molar-refractivity contribution is 6.06. The van der Waals surface area contributed by atoms with E-state index in [0.29, 0.717) is 11.3 Å². The van der Waals surface area contributed by atoms with Crippen LogP contribution in [0.15, 0.2) is 24.3 Å². The van der Waals surface area contributed by atoms with E-state index in [-0.39, 0.29) is 54.5 Å². The van der Waals surface area contributed by atoms with Crippen LogP contribution in [0.25, 0.3) is 0 Å². The topological polar surface area (TPSA) is 95.6 Å².